The predicted molar refractivity (Wildman–Crippen MR) is 63.5 cm³/mol. The minimum absolute atomic E-state index is 0.0208. The van der Waals surface area contributed by atoms with Gasteiger partial charge in [-0.25, -0.2) is 4.79 Å². The second kappa shape index (κ2) is 4.11. The standard InChI is InChI=1S/C12H10Cl2O2/c1-6-3-4-7(2)8(5-6)11-9(13)10(14)12(15)16-11/h3-5,11H,1-2H3. The smallest absolute Gasteiger partial charge is 0.352 e. The van der Waals surface area contributed by atoms with E-state index < -0.39 is 12.1 Å². The van der Waals surface area contributed by atoms with Crippen molar-refractivity contribution in [2.45, 2.75) is 20.0 Å². The second-order valence-corrected chi connectivity index (χ2v) is 4.59. The first kappa shape index (κ1) is 11.5. The van der Waals surface area contributed by atoms with Crippen LogP contribution in [0.3, 0.4) is 0 Å². The molecule has 16 heavy (non-hydrogen) atoms. The van der Waals surface area contributed by atoms with Gasteiger partial charge in [-0.3, -0.25) is 0 Å². The highest BCUT2D eigenvalue weighted by Crippen LogP contribution is 2.40. The molecule has 1 heterocycles. The van der Waals surface area contributed by atoms with Gasteiger partial charge in [0.1, 0.15) is 5.03 Å². The van der Waals surface area contributed by atoms with Gasteiger partial charge < -0.3 is 4.74 Å². The number of carbonyl (C=O) groups excluding carboxylic acids is 1. The second-order valence-electron chi connectivity index (χ2n) is 3.81. The molecule has 0 fully saturated rings. The zero-order valence-electron chi connectivity index (χ0n) is 8.88. The van der Waals surface area contributed by atoms with E-state index in [4.69, 9.17) is 27.9 Å². The topological polar surface area (TPSA) is 26.3 Å². The van der Waals surface area contributed by atoms with Crippen LogP contribution >= 0.6 is 23.2 Å². The lowest BCUT2D eigenvalue weighted by molar-refractivity contribution is -0.139. The fraction of sp³-hybridized carbons (Fsp3) is 0.250. The molecule has 0 bridgehead atoms. The SMILES string of the molecule is Cc1ccc(C)c(C2OC(=O)C(Cl)=C2Cl)c1. The van der Waals surface area contributed by atoms with E-state index in [1.165, 1.54) is 0 Å². The zero-order chi connectivity index (χ0) is 11.9. The summed E-state index contributed by atoms with van der Waals surface area (Å²) in [5.74, 6) is -0.558. The number of rotatable bonds is 1. The molecule has 4 heteroatoms. The Bertz CT molecular complexity index is 492. The largest absolute Gasteiger partial charge is 0.447 e. The zero-order valence-corrected chi connectivity index (χ0v) is 10.4. The van der Waals surface area contributed by atoms with Crippen molar-refractivity contribution < 1.29 is 9.53 Å². The van der Waals surface area contributed by atoms with Crippen molar-refractivity contribution in [2.75, 3.05) is 0 Å². The molecule has 1 aromatic rings. The molecule has 0 amide bonds. The lowest BCUT2D eigenvalue weighted by atomic mass is 10.0. The van der Waals surface area contributed by atoms with Crippen molar-refractivity contribution >= 4 is 29.2 Å². The predicted octanol–water partition coefficient (Wildman–Crippen LogP) is 3.59. The number of ether oxygens (including phenoxy) is 1. The molecule has 0 aliphatic carbocycles. The van der Waals surface area contributed by atoms with Crippen molar-refractivity contribution in [1.82, 2.24) is 0 Å². The van der Waals surface area contributed by atoms with Gasteiger partial charge in [-0.05, 0) is 19.4 Å². The Balaban J connectivity index is 2.47. The van der Waals surface area contributed by atoms with Gasteiger partial charge in [0.05, 0.1) is 5.03 Å². The lowest BCUT2D eigenvalue weighted by Crippen LogP contribution is -2.04. The first-order chi connectivity index (χ1) is 7.50. The van der Waals surface area contributed by atoms with Crippen LogP contribution in [0, 0.1) is 13.8 Å². The van der Waals surface area contributed by atoms with E-state index in [2.05, 4.69) is 0 Å². The molecule has 1 aromatic carbocycles. The molecule has 0 spiro atoms. The van der Waals surface area contributed by atoms with Crippen LogP contribution in [0.25, 0.3) is 0 Å². The summed E-state index contributed by atoms with van der Waals surface area (Å²) in [6.07, 6.45) is -0.554. The van der Waals surface area contributed by atoms with Gasteiger partial charge in [0, 0.05) is 5.56 Å². The van der Waals surface area contributed by atoms with Gasteiger partial charge in [0.15, 0.2) is 6.10 Å². The Hall–Kier alpha value is -0.990. The van der Waals surface area contributed by atoms with Gasteiger partial charge >= 0.3 is 5.97 Å². The minimum atomic E-state index is -0.558. The number of hydrogen-bond donors (Lipinski definition) is 0. The Morgan fingerprint density at radius 3 is 2.50 bits per heavy atom. The van der Waals surface area contributed by atoms with Crippen LogP contribution in [0.5, 0.6) is 0 Å². The van der Waals surface area contributed by atoms with Crippen LogP contribution in [0.15, 0.2) is 28.3 Å². The molecule has 0 saturated heterocycles. The van der Waals surface area contributed by atoms with E-state index >= 15 is 0 Å². The van der Waals surface area contributed by atoms with Crippen LogP contribution in [-0.4, -0.2) is 5.97 Å². The third kappa shape index (κ3) is 1.83. The monoisotopic (exact) mass is 256 g/mol. The van der Waals surface area contributed by atoms with Gasteiger partial charge in [-0.2, -0.15) is 0 Å². The molecule has 1 aliphatic rings. The molecule has 0 N–H and O–H groups in total. The molecule has 1 atom stereocenters. The van der Waals surface area contributed by atoms with Gasteiger partial charge in [0.25, 0.3) is 0 Å². The van der Waals surface area contributed by atoms with Crippen LogP contribution in [0.2, 0.25) is 0 Å². The quantitative estimate of drug-likeness (QED) is 0.718. The fourth-order valence-electron chi connectivity index (χ4n) is 1.67. The summed E-state index contributed by atoms with van der Waals surface area (Å²) in [4.78, 5) is 11.3. The van der Waals surface area contributed by atoms with Crippen molar-refractivity contribution in [3.8, 4) is 0 Å². The molecule has 1 unspecified atom stereocenters. The molecular formula is C12H10Cl2O2. The number of halogens is 2. The van der Waals surface area contributed by atoms with E-state index in [1.54, 1.807) is 0 Å². The molecule has 1 aliphatic heterocycles. The van der Waals surface area contributed by atoms with E-state index in [-0.39, 0.29) is 10.1 Å². The summed E-state index contributed by atoms with van der Waals surface area (Å²) < 4.78 is 5.13. The summed E-state index contributed by atoms with van der Waals surface area (Å²) in [6.45, 7) is 3.91. The van der Waals surface area contributed by atoms with E-state index in [1.807, 2.05) is 32.0 Å². The first-order valence-electron chi connectivity index (χ1n) is 4.84. The van der Waals surface area contributed by atoms with Crippen LogP contribution in [0.4, 0.5) is 0 Å². The minimum Gasteiger partial charge on any atom is -0.447 e. The molecule has 0 radical (unpaired) electrons. The Morgan fingerprint density at radius 1 is 1.25 bits per heavy atom. The van der Waals surface area contributed by atoms with Crippen molar-refractivity contribution in [3.05, 3.63) is 45.0 Å². The first-order valence-corrected chi connectivity index (χ1v) is 5.59. The maximum atomic E-state index is 11.3. The highest BCUT2D eigenvalue weighted by atomic mass is 35.5. The van der Waals surface area contributed by atoms with Gasteiger partial charge in [-0.1, -0.05) is 47.0 Å². The highest BCUT2D eigenvalue weighted by molar-refractivity contribution is 6.48. The third-order valence-electron chi connectivity index (χ3n) is 2.56. The van der Waals surface area contributed by atoms with Crippen molar-refractivity contribution in [3.63, 3.8) is 0 Å². The van der Waals surface area contributed by atoms with Gasteiger partial charge in [-0.15, -0.1) is 0 Å². The number of cyclic esters (lactones) is 1. The maximum Gasteiger partial charge on any atom is 0.352 e. The Morgan fingerprint density at radius 2 is 1.94 bits per heavy atom. The summed E-state index contributed by atoms with van der Waals surface area (Å²) in [6, 6.07) is 5.91. The van der Waals surface area contributed by atoms with Crippen molar-refractivity contribution in [1.29, 1.82) is 0 Å². The average Bonchev–Trinajstić information content (AvgIpc) is 2.50. The molecule has 0 saturated carbocycles. The molecule has 2 nitrogen and oxygen atoms in total. The van der Waals surface area contributed by atoms with Gasteiger partial charge in [0.2, 0.25) is 0 Å². The lowest BCUT2D eigenvalue weighted by Gasteiger charge is -2.14. The van der Waals surface area contributed by atoms with Crippen LogP contribution < -0.4 is 0 Å². The fourth-order valence-corrected chi connectivity index (χ4v) is 2.05. The molecular weight excluding hydrogens is 247 g/mol. The number of carbonyl (C=O) groups is 1. The Labute approximate surface area is 104 Å². The summed E-state index contributed by atoms with van der Waals surface area (Å²) in [7, 11) is 0. The highest BCUT2D eigenvalue weighted by Gasteiger charge is 2.34. The molecule has 84 valence electrons. The van der Waals surface area contributed by atoms with Crippen LogP contribution in [-0.2, 0) is 9.53 Å². The van der Waals surface area contributed by atoms with E-state index in [0.29, 0.717) is 0 Å². The van der Waals surface area contributed by atoms with Crippen molar-refractivity contribution in [2.24, 2.45) is 0 Å². The Kier molecular flexibility index (Phi) is 2.96. The normalized spacial score (nSPS) is 20.2. The summed E-state index contributed by atoms with van der Waals surface area (Å²) in [5.41, 5.74) is 2.99. The van der Waals surface area contributed by atoms with E-state index in [9.17, 15) is 4.79 Å². The number of benzene rings is 1. The molecule has 2 rings (SSSR count). The third-order valence-corrected chi connectivity index (χ3v) is 3.40. The summed E-state index contributed by atoms with van der Waals surface area (Å²) in [5, 5.41) is 0.243. The number of hydrogen-bond acceptors (Lipinski definition) is 2. The number of esters is 1. The van der Waals surface area contributed by atoms with Crippen LogP contribution in [0.1, 0.15) is 22.8 Å². The molecule has 0 aromatic heterocycles. The maximum absolute atomic E-state index is 11.3. The average molecular weight is 257 g/mol. The summed E-state index contributed by atoms with van der Waals surface area (Å²) >= 11 is 11.7. The number of aryl methyl sites for hydroxylation is 2. The van der Waals surface area contributed by atoms with E-state index in [0.717, 1.165) is 16.7 Å².